The molecule has 78 valence electrons. The van der Waals surface area contributed by atoms with Gasteiger partial charge in [0.05, 0.1) is 6.16 Å². The number of phenolic OH excluding ortho intramolecular Hbond substituents is 1. The van der Waals surface area contributed by atoms with Gasteiger partial charge in [-0.3, -0.25) is 4.57 Å². The summed E-state index contributed by atoms with van der Waals surface area (Å²) in [4.78, 5) is 0. The van der Waals surface area contributed by atoms with Crippen molar-refractivity contribution in [3.05, 3.63) is 29.8 Å². The van der Waals surface area contributed by atoms with Crippen molar-refractivity contribution < 1.29 is 18.7 Å². The van der Waals surface area contributed by atoms with E-state index < -0.39 is 7.60 Å². The van der Waals surface area contributed by atoms with Crippen LogP contribution in [0.25, 0.3) is 0 Å². The molecule has 0 aliphatic carbocycles. The van der Waals surface area contributed by atoms with Crippen LogP contribution in [0.3, 0.4) is 0 Å². The quantitative estimate of drug-likeness (QED) is 0.785. The van der Waals surface area contributed by atoms with Crippen LogP contribution < -0.4 is 0 Å². The summed E-state index contributed by atoms with van der Waals surface area (Å²) in [6, 6.07) is 6.43. The third kappa shape index (κ3) is 2.84. The number of phenols is 1. The molecule has 0 radical (unpaired) electrons. The minimum Gasteiger partial charge on any atom is -0.508 e. The summed E-state index contributed by atoms with van der Waals surface area (Å²) in [7, 11) is -0.296. The van der Waals surface area contributed by atoms with Gasteiger partial charge in [0.2, 0.25) is 0 Å². The smallest absolute Gasteiger partial charge is 0.334 e. The first-order valence-corrected chi connectivity index (χ1v) is 5.81. The average molecular weight is 216 g/mol. The Morgan fingerprint density at radius 1 is 1.21 bits per heavy atom. The van der Waals surface area contributed by atoms with Gasteiger partial charge in [0.15, 0.2) is 0 Å². The van der Waals surface area contributed by atoms with Gasteiger partial charge in [0.25, 0.3) is 0 Å². The maximum absolute atomic E-state index is 11.7. The monoisotopic (exact) mass is 216 g/mol. The molecule has 0 aliphatic heterocycles. The Labute approximate surface area is 83.0 Å². The molecule has 0 fully saturated rings. The number of benzene rings is 1. The standard InChI is InChI=1S/C9H13O4P/c1-12-14(11,13-2)7-8-3-5-9(10)6-4-8/h3-6,10H,7H2,1-2H3. The second-order valence-electron chi connectivity index (χ2n) is 2.80. The molecular formula is C9H13O4P. The molecule has 0 unspecified atom stereocenters. The van der Waals surface area contributed by atoms with Gasteiger partial charge in [0, 0.05) is 14.2 Å². The van der Waals surface area contributed by atoms with Crippen molar-refractivity contribution in [3.63, 3.8) is 0 Å². The highest BCUT2D eigenvalue weighted by Gasteiger charge is 2.21. The lowest BCUT2D eigenvalue weighted by Crippen LogP contribution is -1.92. The summed E-state index contributed by atoms with van der Waals surface area (Å²) in [6.07, 6.45) is 0.209. The van der Waals surface area contributed by atoms with Gasteiger partial charge < -0.3 is 14.2 Å². The lowest BCUT2D eigenvalue weighted by atomic mass is 10.2. The van der Waals surface area contributed by atoms with Crippen molar-refractivity contribution in [3.8, 4) is 5.75 Å². The van der Waals surface area contributed by atoms with E-state index in [0.717, 1.165) is 5.56 Å². The largest absolute Gasteiger partial charge is 0.508 e. The molecule has 0 amide bonds. The highest BCUT2D eigenvalue weighted by atomic mass is 31.2. The minimum atomic E-state index is -3.00. The van der Waals surface area contributed by atoms with Gasteiger partial charge in [-0.05, 0) is 17.7 Å². The predicted octanol–water partition coefficient (Wildman–Crippen LogP) is 2.38. The Hall–Kier alpha value is -0.830. The van der Waals surface area contributed by atoms with Gasteiger partial charge >= 0.3 is 7.60 Å². The first kappa shape index (κ1) is 11.2. The van der Waals surface area contributed by atoms with E-state index in [1.807, 2.05) is 0 Å². The van der Waals surface area contributed by atoms with Crippen LogP contribution in [0.2, 0.25) is 0 Å². The molecule has 0 saturated carbocycles. The number of hydrogen-bond donors (Lipinski definition) is 1. The summed E-state index contributed by atoms with van der Waals surface area (Å²) in [5.74, 6) is 0.179. The van der Waals surface area contributed by atoms with E-state index in [4.69, 9.17) is 14.2 Å². The van der Waals surface area contributed by atoms with Gasteiger partial charge in [-0.15, -0.1) is 0 Å². The number of rotatable bonds is 4. The average Bonchev–Trinajstić information content (AvgIpc) is 2.21. The maximum Gasteiger partial charge on any atom is 0.334 e. The highest BCUT2D eigenvalue weighted by Crippen LogP contribution is 2.49. The second kappa shape index (κ2) is 4.60. The van der Waals surface area contributed by atoms with Crippen LogP contribution in [-0.2, 0) is 19.8 Å². The molecule has 0 saturated heterocycles. The van der Waals surface area contributed by atoms with Crippen LogP contribution in [0.15, 0.2) is 24.3 Å². The molecule has 1 aromatic rings. The molecule has 0 aromatic heterocycles. The fourth-order valence-corrected chi connectivity index (χ4v) is 2.09. The minimum absolute atomic E-state index is 0.179. The van der Waals surface area contributed by atoms with Crippen LogP contribution in [0, 0.1) is 0 Å². The van der Waals surface area contributed by atoms with Crippen molar-refractivity contribution in [2.75, 3.05) is 14.2 Å². The molecule has 1 rings (SSSR count). The molecule has 5 heteroatoms. The first-order chi connectivity index (χ1) is 6.59. The Morgan fingerprint density at radius 3 is 2.14 bits per heavy atom. The van der Waals surface area contributed by atoms with E-state index in [2.05, 4.69) is 0 Å². The Kier molecular flexibility index (Phi) is 3.69. The van der Waals surface area contributed by atoms with Crippen LogP contribution in [0.4, 0.5) is 0 Å². The van der Waals surface area contributed by atoms with Gasteiger partial charge in [0.1, 0.15) is 5.75 Å². The normalized spacial score (nSPS) is 11.6. The maximum atomic E-state index is 11.7. The van der Waals surface area contributed by atoms with Crippen molar-refractivity contribution in [2.24, 2.45) is 0 Å². The summed E-state index contributed by atoms with van der Waals surface area (Å²) in [6.45, 7) is 0. The van der Waals surface area contributed by atoms with Crippen molar-refractivity contribution in [1.82, 2.24) is 0 Å². The van der Waals surface area contributed by atoms with Crippen LogP contribution in [-0.4, -0.2) is 19.3 Å². The lowest BCUT2D eigenvalue weighted by Gasteiger charge is -2.13. The van der Waals surface area contributed by atoms with Gasteiger partial charge in [-0.25, -0.2) is 0 Å². The number of aromatic hydroxyl groups is 1. The molecule has 0 bridgehead atoms. The zero-order chi connectivity index (χ0) is 10.6. The molecule has 0 atom stereocenters. The van der Waals surface area contributed by atoms with Gasteiger partial charge in [-0.2, -0.15) is 0 Å². The Balaban J connectivity index is 2.78. The third-order valence-electron chi connectivity index (χ3n) is 1.87. The van der Waals surface area contributed by atoms with E-state index in [9.17, 15) is 4.57 Å². The lowest BCUT2D eigenvalue weighted by molar-refractivity contribution is 0.275. The van der Waals surface area contributed by atoms with Crippen LogP contribution in [0.5, 0.6) is 5.75 Å². The van der Waals surface area contributed by atoms with E-state index in [-0.39, 0.29) is 11.9 Å². The highest BCUT2D eigenvalue weighted by molar-refractivity contribution is 7.52. The van der Waals surface area contributed by atoms with Crippen molar-refractivity contribution in [2.45, 2.75) is 6.16 Å². The van der Waals surface area contributed by atoms with Crippen molar-refractivity contribution >= 4 is 7.60 Å². The SMILES string of the molecule is COP(=O)(Cc1ccc(O)cc1)OC. The third-order valence-corrected chi connectivity index (χ3v) is 3.73. The fraction of sp³-hybridized carbons (Fsp3) is 0.333. The molecule has 0 aliphatic rings. The fourth-order valence-electron chi connectivity index (χ4n) is 1.03. The summed E-state index contributed by atoms with van der Waals surface area (Å²) in [5.41, 5.74) is 0.801. The van der Waals surface area contributed by atoms with Crippen LogP contribution >= 0.6 is 7.60 Å². The van der Waals surface area contributed by atoms with E-state index in [1.54, 1.807) is 12.1 Å². The van der Waals surface area contributed by atoms with Gasteiger partial charge in [-0.1, -0.05) is 12.1 Å². The molecular weight excluding hydrogens is 203 g/mol. The number of hydrogen-bond acceptors (Lipinski definition) is 4. The topological polar surface area (TPSA) is 55.8 Å². The predicted molar refractivity (Wildman–Crippen MR) is 53.4 cm³/mol. The summed E-state index contributed by atoms with van der Waals surface area (Å²) < 4.78 is 21.3. The Morgan fingerprint density at radius 2 is 1.71 bits per heavy atom. The summed E-state index contributed by atoms with van der Waals surface area (Å²) in [5, 5.41) is 9.04. The second-order valence-corrected chi connectivity index (χ2v) is 5.07. The zero-order valence-corrected chi connectivity index (χ0v) is 9.03. The molecule has 1 aromatic carbocycles. The molecule has 1 N–H and O–H groups in total. The van der Waals surface area contributed by atoms with E-state index >= 15 is 0 Å². The Bertz CT molecular complexity index is 325. The van der Waals surface area contributed by atoms with E-state index in [0.29, 0.717) is 0 Å². The molecule has 14 heavy (non-hydrogen) atoms. The summed E-state index contributed by atoms with van der Waals surface area (Å²) >= 11 is 0. The zero-order valence-electron chi connectivity index (χ0n) is 8.14. The van der Waals surface area contributed by atoms with E-state index in [1.165, 1.54) is 26.4 Å². The molecule has 0 heterocycles. The molecule has 4 nitrogen and oxygen atoms in total. The van der Waals surface area contributed by atoms with Crippen LogP contribution in [0.1, 0.15) is 5.56 Å². The molecule has 0 spiro atoms. The first-order valence-electron chi connectivity index (χ1n) is 4.08. The van der Waals surface area contributed by atoms with Crippen molar-refractivity contribution in [1.29, 1.82) is 0 Å².